The van der Waals surface area contributed by atoms with Gasteiger partial charge in [0.2, 0.25) is 0 Å². The fraction of sp³-hybridized carbons (Fsp3) is 0.0588. The number of amides is 1. The summed E-state index contributed by atoms with van der Waals surface area (Å²) in [6.45, 7) is 1.83. The molecule has 0 atom stereocenters. The first-order chi connectivity index (χ1) is 11.1. The van der Waals surface area contributed by atoms with Crippen molar-refractivity contribution in [1.29, 1.82) is 0 Å². The molecule has 1 heterocycles. The van der Waals surface area contributed by atoms with Crippen molar-refractivity contribution in [3.05, 3.63) is 70.4 Å². The Labute approximate surface area is 141 Å². The molecule has 23 heavy (non-hydrogen) atoms. The predicted octanol–water partition coefficient (Wildman–Crippen LogP) is 4.74. The fourth-order valence-electron chi connectivity index (χ4n) is 2.05. The number of hydrogen-bond acceptors (Lipinski definition) is 4. The maximum Gasteiger partial charge on any atom is 0.256 e. The number of nitrogens with zero attached hydrogens (tertiary/aromatic N) is 1. The van der Waals surface area contributed by atoms with Gasteiger partial charge in [-0.3, -0.25) is 4.79 Å². The zero-order chi connectivity index (χ0) is 16.2. The van der Waals surface area contributed by atoms with Gasteiger partial charge in [-0.05, 0) is 59.3 Å². The summed E-state index contributed by atoms with van der Waals surface area (Å²) in [6, 6.07) is 16.5. The Kier molecular flexibility index (Phi) is 4.43. The minimum atomic E-state index is -0.162. The van der Waals surface area contributed by atoms with E-state index in [1.165, 1.54) is 0 Å². The Morgan fingerprint density at radius 2 is 1.78 bits per heavy atom. The van der Waals surface area contributed by atoms with Gasteiger partial charge in [0, 0.05) is 21.9 Å². The highest BCUT2D eigenvalue weighted by molar-refractivity contribution is 9.10. The van der Waals surface area contributed by atoms with E-state index in [1.54, 1.807) is 6.07 Å². The Bertz CT molecular complexity index is 828. The number of benzene rings is 2. The summed E-state index contributed by atoms with van der Waals surface area (Å²) in [4.78, 5) is 12.2. The van der Waals surface area contributed by atoms with E-state index in [4.69, 9.17) is 4.52 Å². The van der Waals surface area contributed by atoms with E-state index < -0.39 is 0 Å². The van der Waals surface area contributed by atoms with Crippen LogP contribution in [0.1, 0.15) is 16.1 Å². The smallest absolute Gasteiger partial charge is 0.256 e. The molecule has 3 rings (SSSR count). The van der Waals surface area contributed by atoms with Crippen molar-refractivity contribution in [1.82, 2.24) is 5.16 Å². The van der Waals surface area contributed by atoms with Gasteiger partial charge in [0.05, 0.1) is 5.56 Å². The van der Waals surface area contributed by atoms with Crippen molar-refractivity contribution < 1.29 is 9.32 Å². The van der Waals surface area contributed by atoms with Crippen LogP contribution in [0.3, 0.4) is 0 Å². The number of anilines is 3. The quantitative estimate of drug-likeness (QED) is 0.694. The van der Waals surface area contributed by atoms with Crippen molar-refractivity contribution in [2.75, 3.05) is 10.6 Å². The van der Waals surface area contributed by atoms with E-state index in [-0.39, 0.29) is 5.91 Å². The van der Waals surface area contributed by atoms with Crippen LogP contribution in [0.4, 0.5) is 17.2 Å². The van der Waals surface area contributed by atoms with Crippen LogP contribution >= 0.6 is 15.9 Å². The van der Waals surface area contributed by atoms with Gasteiger partial charge in [0.1, 0.15) is 5.76 Å². The highest BCUT2D eigenvalue weighted by Crippen LogP contribution is 2.21. The summed E-state index contributed by atoms with van der Waals surface area (Å²) < 4.78 is 5.76. The average Bonchev–Trinajstić information content (AvgIpc) is 2.95. The fourth-order valence-corrected chi connectivity index (χ4v) is 2.52. The summed E-state index contributed by atoms with van der Waals surface area (Å²) in [6.07, 6.45) is 0. The molecule has 1 amide bonds. The van der Waals surface area contributed by atoms with Crippen LogP contribution in [0.2, 0.25) is 0 Å². The molecule has 5 nitrogen and oxygen atoms in total. The zero-order valence-electron chi connectivity index (χ0n) is 12.3. The predicted molar refractivity (Wildman–Crippen MR) is 93.1 cm³/mol. The summed E-state index contributed by atoms with van der Waals surface area (Å²) in [5.74, 6) is 1.22. The molecule has 2 aromatic carbocycles. The lowest BCUT2D eigenvalue weighted by Gasteiger charge is -2.08. The van der Waals surface area contributed by atoms with Gasteiger partial charge in [0.25, 0.3) is 5.91 Å². The van der Waals surface area contributed by atoms with Crippen molar-refractivity contribution in [2.24, 2.45) is 0 Å². The number of halogens is 1. The summed E-state index contributed by atoms with van der Waals surface area (Å²) in [5.41, 5.74) is 2.16. The largest absolute Gasteiger partial charge is 0.360 e. The molecule has 0 radical (unpaired) electrons. The van der Waals surface area contributed by atoms with Crippen molar-refractivity contribution in [3.63, 3.8) is 0 Å². The third-order valence-corrected chi connectivity index (χ3v) is 3.85. The molecule has 0 saturated heterocycles. The Balaban J connectivity index is 1.68. The second kappa shape index (κ2) is 6.66. The topological polar surface area (TPSA) is 67.2 Å². The number of aryl methyl sites for hydroxylation is 1. The van der Waals surface area contributed by atoms with Crippen molar-refractivity contribution in [2.45, 2.75) is 6.92 Å². The van der Waals surface area contributed by atoms with Gasteiger partial charge in [-0.15, -0.1) is 0 Å². The van der Waals surface area contributed by atoms with Crippen LogP contribution in [-0.2, 0) is 0 Å². The molecule has 6 heteroatoms. The summed E-state index contributed by atoms with van der Waals surface area (Å²) >= 11 is 3.37. The highest BCUT2D eigenvalue weighted by atomic mass is 79.9. The first-order valence-corrected chi connectivity index (χ1v) is 7.77. The van der Waals surface area contributed by atoms with Crippen molar-refractivity contribution >= 4 is 39.0 Å². The number of nitrogens with one attached hydrogen (secondary N) is 2. The maximum absolute atomic E-state index is 12.2. The Morgan fingerprint density at radius 1 is 1.09 bits per heavy atom. The molecular formula is C17H14BrN3O2. The lowest BCUT2D eigenvalue weighted by Crippen LogP contribution is -2.12. The maximum atomic E-state index is 12.2. The number of carbonyl (C=O) groups is 1. The summed E-state index contributed by atoms with van der Waals surface area (Å²) in [5, 5.41) is 9.85. The normalized spacial score (nSPS) is 10.3. The van der Waals surface area contributed by atoms with Gasteiger partial charge in [-0.2, -0.15) is 0 Å². The minimum Gasteiger partial charge on any atom is -0.360 e. The third kappa shape index (κ3) is 3.78. The van der Waals surface area contributed by atoms with Gasteiger partial charge in [-0.25, -0.2) is 0 Å². The molecule has 116 valence electrons. The first kappa shape index (κ1) is 15.3. The minimum absolute atomic E-state index is 0.162. The number of rotatable bonds is 4. The van der Waals surface area contributed by atoms with E-state index in [1.807, 2.05) is 55.5 Å². The monoisotopic (exact) mass is 371 g/mol. The number of hydrogen-bond donors (Lipinski definition) is 2. The van der Waals surface area contributed by atoms with Crippen LogP contribution in [0.15, 0.2) is 63.6 Å². The van der Waals surface area contributed by atoms with E-state index >= 15 is 0 Å². The lowest BCUT2D eigenvalue weighted by molar-refractivity contribution is 0.102. The molecule has 0 aliphatic heterocycles. The SMILES string of the molecule is Cc1cc(Nc2ccc(NC(=O)c3ccccc3Br)cc2)no1. The van der Waals surface area contributed by atoms with E-state index in [2.05, 4.69) is 31.7 Å². The third-order valence-electron chi connectivity index (χ3n) is 3.16. The van der Waals surface area contributed by atoms with Gasteiger partial charge >= 0.3 is 0 Å². The molecule has 1 aromatic heterocycles. The number of carbonyl (C=O) groups excluding carboxylic acids is 1. The molecule has 0 saturated carbocycles. The van der Waals surface area contributed by atoms with Gasteiger partial charge < -0.3 is 15.2 Å². The average molecular weight is 372 g/mol. The molecular weight excluding hydrogens is 358 g/mol. The molecule has 0 aliphatic carbocycles. The second-order valence-corrected chi connectivity index (χ2v) is 5.81. The van der Waals surface area contributed by atoms with Crippen LogP contribution in [0, 0.1) is 6.92 Å². The highest BCUT2D eigenvalue weighted by Gasteiger charge is 2.09. The molecule has 2 N–H and O–H groups in total. The molecule has 3 aromatic rings. The van der Waals surface area contributed by atoms with Gasteiger partial charge in [0.15, 0.2) is 5.82 Å². The lowest BCUT2D eigenvalue weighted by atomic mass is 10.2. The van der Waals surface area contributed by atoms with Crippen LogP contribution in [0.5, 0.6) is 0 Å². The molecule has 0 fully saturated rings. The van der Waals surface area contributed by atoms with Crippen LogP contribution < -0.4 is 10.6 Å². The molecule has 0 aliphatic rings. The van der Waals surface area contributed by atoms with Crippen LogP contribution in [0.25, 0.3) is 0 Å². The second-order valence-electron chi connectivity index (χ2n) is 4.96. The van der Waals surface area contributed by atoms with Crippen molar-refractivity contribution in [3.8, 4) is 0 Å². The van der Waals surface area contributed by atoms with Crippen LogP contribution in [-0.4, -0.2) is 11.1 Å². The van der Waals surface area contributed by atoms with E-state index in [0.717, 1.165) is 15.9 Å². The molecule has 0 spiro atoms. The van der Waals surface area contributed by atoms with E-state index in [0.29, 0.717) is 17.1 Å². The zero-order valence-corrected chi connectivity index (χ0v) is 13.9. The Morgan fingerprint density at radius 3 is 2.43 bits per heavy atom. The number of aromatic nitrogens is 1. The summed E-state index contributed by atoms with van der Waals surface area (Å²) in [7, 11) is 0. The molecule has 0 unspecified atom stereocenters. The first-order valence-electron chi connectivity index (χ1n) is 6.98. The van der Waals surface area contributed by atoms with Gasteiger partial charge in [-0.1, -0.05) is 17.3 Å². The standard InChI is InChI=1S/C17H14BrN3O2/c1-11-10-16(21-23-11)19-12-6-8-13(9-7-12)20-17(22)14-4-2-3-5-15(14)18/h2-10H,1H3,(H,19,21)(H,20,22). The van der Waals surface area contributed by atoms with E-state index in [9.17, 15) is 4.79 Å². The molecule has 0 bridgehead atoms. The Hall–Kier alpha value is -2.60.